The first kappa shape index (κ1) is 13.5. The zero-order chi connectivity index (χ0) is 13.2. The molecular weight excluding hydrogens is 231 g/mol. The highest BCUT2D eigenvalue weighted by molar-refractivity contribution is 5.27. The van der Waals surface area contributed by atoms with Crippen LogP contribution in [0.4, 0.5) is 4.39 Å². The predicted molar refractivity (Wildman–Crippen MR) is 69.4 cm³/mol. The molecule has 0 aliphatic carbocycles. The summed E-state index contributed by atoms with van der Waals surface area (Å²) in [5.74, 6) is -0.231. The molecule has 0 aromatic heterocycles. The minimum atomic E-state index is -0.631. The van der Waals surface area contributed by atoms with E-state index >= 15 is 0 Å². The van der Waals surface area contributed by atoms with E-state index in [9.17, 15) is 9.50 Å². The van der Waals surface area contributed by atoms with Crippen LogP contribution in [0.2, 0.25) is 0 Å². The lowest BCUT2D eigenvalue weighted by molar-refractivity contribution is -0.0182. The summed E-state index contributed by atoms with van der Waals surface area (Å²) in [6.07, 6.45) is 1.80. The number of piperidine rings is 1. The molecule has 3 nitrogen and oxygen atoms in total. The van der Waals surface area contributed by atoms with Crippen LogP contribution in [-0.4, -0.2) is 28.7 Å². The second-order valence-corrected chi connectivity index (χ2v) is 5.43. The van der Waals surface area contributed by atoms with Crippen molar-refractivity contribution in [2.75, 3.05) is 13.1 Å². The average molecular weight is 252 g/mol. The maximum absolute atomic E-state index is 13.3. The molecule has 1 heterocycles. The van der Waals surface area contributed by atoms with E-state index in [1.807, 2.05) is 6.92 Å². The van der Waals surface area contributed by atoms with Crippen LogP contribution < -0.4 is 5.73 Å². The van der Waals surface area contributed by atoms with Crippen molar-refractivity contribution in [2.24, 2.45) is 5.73 Å². The summed E-state index contributed by atoms with van der Waals surface area (Å²) in [5.41, 5.74) is 6.94. The SMILES string of the molecule is CC1(O)CCCN(Cc2cc(F)ccc2CN)C1. The van der Waals surface area contributed by atoms with E-state index in [2.05, 4.69) is 4.90 Å². The summed E-state index contributed by atoms with van der Waals surface area (Å²) in [4.78, 5) is 2.16. The molecule has 1 saturated heterocycles. The zero-order valence-electron chi connectivity index (χ0n) is 10.8. The van der Waals surface area contributed by atoms with Gasteiger partial charge in [0.25, 0.3) is 0 Å². The van der Waals surface area contributed by atoms with Gasteiger partial charge in [-0.1, -0.05) is 6.07 Å². The van der Waals surface area contributed by atoms with Crippen molar-refractivity contribution in [3.8, 4) is 0 Å². The number of β-amino-alcohol motifs (C(OH)–C–C–N with tert-alkyl or cyclic N) is 1. The van der Waals surface area contributed by atoms with Crippen molar-refractivity contribution < 1.29 is 9.50 Å². The Kier molecular flexibility index (Phi) is 4.00. The van der Waals surface area contributed by atoms with E-state index in [1.54, 1.807) is 12.1 Å². The highest BCUT2D eigenvalue weighted by Crippen LogP contribution is 2.23. The lowest BCUT2D eigenvalue weighted by atomic mass is 9.94. The van der Waals surface area contributed by atoms with Crippen LogP contribution in [0.3, 0.4) is 0 Å². The van der Waals surface area contributed by atoms with E-state index in [0.29, 0.717) is 19.6 Å². The molecule has 4 heteroatoms. The molecule has 1 atom stereocenters. The molecule has 0 amide bonds. The fourth-order valence-corrected chi connectivity index (χ4v) is 2.64. The maximum atomic E-state index is 13.3. The summed E-state index contributed by atoms with van der Waals surface area (Å²) < 4.78 is 13.3. The van der Waals surface area contributed by atoms with Crippen LogP contribution in [0.5, 0.6) is 0 Å². The van der Waals surface area contributed by atoms with Gasteiger partial charge in [-0.2, -0.15) is 0 Å². The van der Waals surface area contributed by atoms with Gasteiger partial charge in [0.1, 0.15) is 5.82 Å². The van der Waals surface area contributed by atoms with Crippen molar-refractivity contribution in [3.05, 3.63) is 35.1 Å². The molecule has 1 fully saturated rings. The van der Waals surface area contributed by atoms with E-state index in [4.69, 9.17) is 5.73 Å². The van der Waals surface area contributed by atoms with E-state index in [1.165, 1.54) is 6.07 Å². The van der Waals surface area contributed by atoms with Crippen molar-refractivity contribution in [1.82, 2.24) is 4.90 Å². The number of aliphatic hydroxyl groups is 1. The Balaban J connectivity index is 2.11. The first-order valence-electron chi connectivity index (χ1n) is 6.42. The standard InChI is InChI=1S/C14H21FN2O/c1-14(18)5-2-6-17(10-14)9-12-7-13(15)4-3-11(12)8-16/h3-4,7,18H,2,5-6,8-10,16H2,1H3. The van der Waals surface area contributed by atoms with Crippen LogP contribution >= 0.6 is 0 Å². The Hall–Kier alpha value is -0.970. The quantitative estimate of drug-likeness (QED) is 0.859. The predicted octanol–water partition coefficient (Wildman–Crippen LogP) is 1.63. The number of nitrogens with zero attached hydrogens (tertiary/aromatic N) is 1. The second kappa shape index (κ2) is 5.34. The van der Waals surface area contributed by atoms with Crippen molar-refractivity contribution in [2.45, 2.75) is 38.5 Å². The zero-order valence-corrected chi connectivity index (χ0v) is 10.8. The van der Waals surface area contributed by atoms with Gasteiger partial charge >= 0.3 is 0 Å². The van der Waals surface area contributed by atoms with Crippen LogP contribution in [0, 0.1) is 5.82 Å². The molecule has 18 heavy (non-hydrogen) atoms. The molecule has 1 aliphatic heterocycles. The largest absolute Gasteiger partial charge is 0.389 e. The van der Waals surface area contributed by atoms with Crippen molar-refractivity contribution in [3.63, 3.8) is 0 Å². The average Bonchev–Trinajstić information content (AvgIpc) is 2.28. The number of likely N-dealkylation sites (tertiary alicyclic amines) is 1. The minimum Gasteiger partial charge on any atom is -0.389 e. The third-order valence-corrected chi connectivity index (χ3v) is 3.54. The monoisotopic (exact) mass is 252 g/mol. The fourth-order valence-electron chi connectivity index (χ4n) is 2.64. The van der Waals surface area contributed by atoms with E-state index < -0.39 is 5.60 Å². The van der Waals surface area contributed by atoms with Crippen LogP contribution in [0.1, 0.15) is 30.9 Å². The summed E-state index contributed by atoms with van der Waals surface area (Å²) in [5, 5.41) is 10.1. The molecule has 1 aromatic carbocycles. The van der Waals surface area contributed by atoms with Gasteiger partial charge in [-0.3, -0.25) is 4.90 Å². The Labute approximate surface area is 107 Å². The molecular formula is C14H21FN2O. The molecule has 1 aromatic rings. The highest BCUT2D eigenvalue weighted by atomic mass is 19.1. The molecule has 1 unspecified atom stereocenters. The molecule has 0 spiro atoms. The fraction of sp³-hybridized carbons (Fsp3) is 0.571. The number of nitrogens with two attached hydrogens (primary N) is 1. The number of rotatable bonds is 3. The van der Waals surface area contributed by atoms with E-state index in [-0.39, 0.29) is 5.82 Å². The van der Waals surface area contributed by atoms with Crippen LogP contribution in [0.15, 0.2) is 18.2 Å². The second-order valence-electron chi connectivity index (χ2n) is 5.43. The Bertz CT molecular complexity index is 420. The minimum absolute atomic E-state index is 0.231. The third-order valence-electron chi connectivity index (χ3n) is 3.54. The smallest absolute Gasteiger partial charge is 0.123 e. The van der Waals surface area contributed by atoms with E-state index in [0.717, 1.165) is 30.5 Å². The molecule has 1 aliphatic rings. The van der Waals surface area contributed by atoms with Gasteiger partial charge in [0.05, 0.1) is 5.60 Å². The third kappa shape index (κ3) is 3.28. The lowest BCUT2D eigenvalue weighted by Crippen LogP contribution is -2.45. The Morgan fingerprint density at radius 2 is 2.22 bits per heavy atom. The van der Waals surface area contributed by atoms with Gasteiger partial charge in [0.15, 0.2) is 0 Å². The lowest BCUT2D eigenvalue weighted by Gasteiger charge is -2.37. The Morgan fingerprint density at radius 3 is 2.89 bits per heavy atom. The van der Waals surface area contributed by atoms with Gasteiger partial charge in [0, 0.05) is 19.6 Å². The topological polar surface area (TPSA) is 49.5 Å². The highest BCUT2D eigenvalue weighted by Gasteiger charge is 2.28. The van der Waals surface area contributed by atoms with Crippen LogP contribution in [-0.2, 0) is 13.1 Å². The van der Waals surface area contributed by atoms with Gasteiger partial charge in [0.2, 0.25) is 0 Å². The summed E-state index contributed by atoms with van der Waals surface area (Å²) in [6, 6.07) is 4.73. The van der Waals surface area contributed by atoms with Gasteiger partial charge < -0.3 is 10.8 Å². The normalized spacial score (nSPS) is 25.3. The molecule has 100 valence electrons. The van der Waals surface area contributed by atoms with Gasteiger partial charge in [-0.15, -0.1) is 0 Å². The first-order chi connectivity index (χ1) is 8.50. The van der Waals surface area contributed by atoms with Crippen LogP contribution in [0.25, 0.3) is 0 Å². The summed E-state index contributed by atoms with van der Waals surface area (Å²) in [7, 11) is 0. The molecule has 3 N–H and O–H groups in total. The summed E-state index contributed by atoms with van der Waals surface area (Å²) >= 11 is 0. The number of hydrogen-bond acceptors (Lipinski definition) is 3. The van der Waals surface area contributed by atoms with Crippen molar-refractivity contribution >= 4 is 0 Å². The van der Waals surface area contributed by atoms with Gasteiger partial charge in [-0.25, -0.2) is 4.39 Å². The van der Waals surface area contributed by atoms with Crippen molar-refractivity contribution in [1.29, 1.82) is 0 Å². The molecule has 2 rings (SSSR count). The Morgan fingerprint density at radius 1 is 1.44 bits per heavy atom. The molecule has 0 radical (unpaired) electrons. The number of halogens is 1. The summed E-state index contributed by atoms with van der Waals surface area (Å²) in [6.45, 7) is 4.50. The molecule has 0 bridgehead atoms. The van der Waals surface area contributed by atoms with Gasteiger partial charge in [-0.05, 0) is 49.6 Å². The maximum Gasteiger partial charge on any atom is 0.123 e. The number of benzene rings is 1. The number of hydrogen-bond donors (Lipinski definition) is 2. The first-order valence-corrected chi connectivity index (χ1v) is 6.42. The molecule has 0 saturated carbocycles.